The van der Waals surface area contributed by atoms with Crippen molar-refractivity contribution in [3.8, 4) is 12.3 Å². The molecule has 1 aliphatic rings. The fourth-order valence-corrected chi connectivity index (χ4v) is 3.13. The highest BCUT2D eigenvalue weighted by molar-refractivity contribution is 7.99. The maximum Gasteiger partial charge on any atom is 0.292 e. The minimum absolute atomic E-state index is 0.158. The molecule has 96 valence electrons. The van der Waals surface area contributed by atoms with Gasteiger partial charge in [0.05, 0.1) is 11.2 Å². The van der Waals surface area contributed by atoms with Crippen molar-refractivity contribution in [2.45, 2.75) is 25.4 Å². The third-order valence-corrected chi connectivity index (χ3v) is 4.14. The summed E-state index contributed by atoms with van der Waals surface area (Å²) in [5, 5.41) is 7.49. The van der Waals surface area contributed by atoms with Crippen LogP contribution >= 0.6 is 23.4 Å². The molecule has 2 rings (SSSR count). The third kappa shape index (κ3) is 3.01. The first-order valence-corrected chi connectivity index (χ1v) is 7.29. The van der Waals surface area contributed by atoms with E-state index in [1.54, 1.807) is 0 Å². The Labute approximate surface area is 115 Å². The Kier molecular flexibility index (Phi) is 4.56. The molecule has 1 N–H and O–H groups in total. The van der Waals surface area contributed by atoms with Gasteiger partial charge in [-0.15, -0.1) is 6.42 Å². The third-order valence-electron chi connectivity index (χ3n) is 2.81. The molecule has 0 aliphatic carbocycles. The molecule has 1 aromatic heterocycles. The molecule has 0 unspecified atom stereocenters. The first kappa shape index (κ1) is 13.3. The van der Waals surface area contributed by atoms with Gasteiger partial charge in [0, 0.05) is 6.04 Å². The number of halogens is 1. The zero-order chi connectivity index (χ0) is 13.0. The lowest BCUT2D eigenvalue weighted by Crippen LogP contribution is -2.31. The van der Waals surface area contributed by atoms with E-state index in [0.29, 0.717) is 16.8 Å². The highest BCUT2D eigenvalue weighted by atomic mass is 35.5. The van der Waals surface area contributed by atoms with Gasteiger partial charge in [-0.1, -0.05) is 17.5 Å². The number of rotatable bonds is 3. The van der Waals surface area contributed by atoms with E-state index in [1.165, 1.54) is 10.9 Å². The normalized spacial score (nSPS) is 16.2. The van der Waals surface area contributed by atoms with E-state index in [-0.39, 0.29) is 12.1 Å². The van der Waals surface area contributed by atoms with Crippen LogP contribution in [0.4, 0.5) is 5.69 Å². The molecule has 1 aromatic rings. The molecular weight excluding hydrogens is 270 g/mol. The largest absolute Gasteiger partial charge is 0.376 e. The Morgan fingerprint density at radius 1 is 1.61 bits per heavy atom. The Hall–Kier alpha value is -1.12. The van der Waals surface area contributed by atoms with Crippen LogP contribution in [0.1, 0.15) is 12.8 Å². The van der Waals surface area contributed by atoms with Gasteiger partial charge in [-0.25, -0.2) is 4.68 Å². The van der Waals surface area contributed by atoms with Crippen LogP contribution in [0.25, 0.3) is 0 Å². The SMILES string of the molecule is C#CCn1ncc(Cl)c(NC2CCSCC2)c1=O. The van der Waals surface area contributed by atoms with Gasteiger partial charge in [-0.2, -0.15) is 16.9 Å². The quantitative estimate of drug-likeness (QED) is 0.860. The van der Waals surface area contributed by atoms with Crippen molar-refractivity contribution in [2.24, 2.45) is 0 Å². The van der Waals surface area contributed by atoms with Gasteiger partial charge in [0.25, 0.3) is 5.56 Å². The summed E-state index contributed by atoms with van der Waals surface area (Å²) < 4.78 is 1.24. The van der Waals surface area contributed by atoms with Crippen molar-refractivity contribution in [1.29, 1.82) is 0 Å². The second-order valence-corrected chi connectivity index (χ2v) is 5.70. The Bertz CT molecular complexity index is 517. The van der Waals surface area contributed by atoms with E-state index in [9.17, 15) is 4.79 Å². The fraction of sp³-hybridized carbons (Fsp3) is 0.500. The number of thioether (sulfide) groups is 1. The van der Waals surface area contributed by atoms with Crippen LogP contribution in [-0.4, -0.2) is 27.3 Å². The summed E-state index contributed by atoms with van der Waals surface area (Å²) in [6, 6.07) is 0.304. The fourth-order valence-electron chi connectivity index (χ4n) is 1.84. The molecule has 2 heterocycles. The van der Waals surface area contributed by atoms with Crippen molar-refractivity contribution >= 4 is 29.1 Å². The molecule has 0 spiro atoms. The van der Waals surface area contributed by atoms with E-state index in [1.807, 2.05) is 11.8 Å². The first-order chi connectivity index (χ1) is 8.72. The summed E-state index contributed by atoms with van der Waals surface area (Å²) >= 11 is 7.96. The van der Waals surface area contributed by atoms with E-state index in [4.69, 9.17) is 18.0 Å². The molecule has 0 atom stereocenters. The van der Waals surface area contributed by atoms with Gasteiger partial charge in [0.1, 0.15) is 12.2 Å². The van der Waals surface area contributed by atoms with Crippen molar-refractivity contribution < 1.29 is 0 Å². The number of anilines is 1. The molecule has 1 saturated heterocycles. The maximum absolute atomic E-state index is 12.1. The molecule has 18 heavy (non-hydrogen) atoms. The summed E-state index contributed by atoms with van der Waals surface area (Å²) in [6.07, 6.45) is 8.73. The lowest BCUT2D eigenvalue weighted by Gasteiger charge is -2.23. The minimum atomic E-state index is -0.251. The minimum Gasteiger partial charge on any atom is -0.376 e. The lowest BCUT2D eigenvalue weighted by molar-refractivity contribution is 0.642. The van der Waals surface area contributed by atoms with Gasteiger partial charge in [-0.05, 0) is 24.3 Å². The molecule has 0 saturated carbocycles. The molecule has 0 amide bonds. The number of hydrogen-bond acceptors (Lipinski definition) is 4. The second-order valence-electron chi connectivity index (χ2n) is 4.07. The van der Waals surface area contributed by atoms with Crippen LogP contribution in [-0.2, 0) is 6.54 Å². The summed E-state index contributed by atoms with van der Waals surface area (Å²) in [5.74, 6) is 4.62. The lowest BCUT2D eigenvalue weighted by atomic mass is 10.1. The summed E-state index contributed by atoms with van der Waals surface area (Å²) in [7, 11) is 0. The summed E-state index contributed by atoms with van der Waals surface area (Å²) in [5.41, 5.74) is 0.164. The number of hydrogen-bond donors (Lipinski definition) is 1. The Morgan fingerprint density at radius 2 is 2.33 bits per heavy atom. The summed E-state index contributed by atoms with van der Waals surface area (Å²) in [4.78, 5) is 12.1. The molecule has 4 nitrogen and oxygen atoms in total. The molecular formula is C12H14ClN3OS. The molecule has 1 aliphatic heterocycles. The molecule has 0 radical (unpaired) electrons. The van der Waals surface area contributed by atoms with E-state index < -0.39 is 0 Å². The van der Waals surface area contributed by atoms with Gasteiger partial charge >= 0.3 is 0 Å². The van der Waals surface area contributed by atoms with Gasteiger partial charge in [0.15, 0.2) is 0 Å². The number of nitrogens with zero attached hydrogens (tertiary/aromatic N) is 2. The first-order valence-electron chi connectivity index (χ1n) is 5.75. The Balaban J connectivity index is 2.23. The van der Waals surface area contributed by atoms with Gasteiger partial charge in [0.2, 0.25) is 0 Å². The van der Waals surface area contributed by atoms with Crippen LogP contribution in [0.5, 0.6) is 0 Å². The molecule has 0 bridgehead atoms. The van der Waals surface area contributed by atoms with Crippen LogP contribution in [0.3, 0.4) is 0 Å². The molecule has 0 aromatic carbocycles. The van der Waals surface area contributed by atoms with Crippen LogP contribution in [0, 0.1) is 12.3 Å². The topological polar surface area (TPSA) is 46.9 Å². The van der Waals surface area contributed by atoms with E-state index in [0.717, 1.165) is 24.3 Å². The Morgan fingerprint density at radius 3 is 3.00 bits per heavy atom. The highest BCUT2D eigenvalue weighted by Gasteiger charge is 2.17. The predicted octanol–water partition coefficient (Wildman–Crippen LogP) is 1.84. The zero-order valence-corrected chi connectivity index (χ0v) is 11.4. The zero-order valence-electron chi connectivity index (χ0n) is 9.86. The predicted molar refractivity (Wildman–Crippen MR) is 76.3 cm³/mol. The highest BCUT2D eigenvalue weighted by Crippen LogP contribution is 2.22. The van der Waals surface area contributed by atoms with Gasteiger partial charge in [-0.3, -0.25) is 4.79 Å². The van der Waals surface area contributed by atoms with E-state index >= 15 is 0 Å². The maximum atomic E-state index is 12.1. The molecule has 6 heteroatoms. The van der Waals surface area contributed by atoms with Crippen LogP contribution < -0.4 is 10.9 Å². The standard InChI is InChI=1S/C12H14ClN3OS/c1-2-5-16-12(17)11(10(13)8-14-16)15-9-3-6-18-7-4-9/h1,8-9,15H,3-7H2. The number of aromatic nitrogens is 2. The second kappa shape index (κ2) is 6.17. The monoisotopic (exact) mass is 283 g/mol. The van der Waals surface area contributed by atoms with Crippen molar-refractivity contribution in [3.05, 3.63) is 21.6 Å². The van der Waals surface area contributed by atoms with Crippen LogP contribution in [0.2, 0.25) is 5.02 Å². The van der Waals surface area contributed by atoms with Crippen molar-refractivity contribution in [1.82, 2.24) is 9.78 Å². The average Bonchev–Trinajstić information content (AvgIpc) is 2.39. The van der Waals surface area contributed by atoms with Crippen LogP contribution in [0.15, 0.2) is 11.0 Å². The van der Waals surface area contributed by atoms with Crippen molar-refractivity contribution in [2.75, 3.05) is 16.8 Å². The smallest absolute Gasteiger partial charge is 0.292 e. The number of nitrogens with one attached hydrogen (secondary N) is 1. The van der Waals surface area contributed by atoms with Crippen molar-refractivity contribution in [3.63, 3.8) is 0 Å². The number of terminal acetylenes is 1. The summed E-state index contributed by atoms with van der Waals surface area (Å²) in [6.45, 7) is 0.158. The average molecular weight is 284 g/mol. The van der Waals surface area contributed by atoms with E-state index in [2.05, 4.69) is 16.3 Å². The molecule has 1 fully saturated rings. The van der Waals surface area contributed by atoms with Gasteiger partial charge < -0.3 is 5.32 Å².